The predicted molar refractivity (Wildman–Crippen MR) is 108 cm³/mol. The third-order valence-electron chi connectivity index (χ3n) is 5.42. The van der Waals surface area contributed by atoms with Crippen molar-refractivity contribution in [1.82, 2.24) is 14.8 Å². The monoisotopic (exact) mass is 404 g/mol. The maximum Gasteiger partial charge on any atom is 0.324 e. The van der Waals surface area contributed by atoms with Crippen molar-refractivity contribution in [2.45, 2.75) is 50.6 Å². The van der Waals surface area contributed by atoms with Crippen molar-refractivity contribution in [1.29, 1.82) is 0 Å². The Kier molecular flexibility index (Phi) is 5.73. The van der Waals surface area contributed by atoms with E-state index in [1.807, 2.05) is 32.7 Å². The highest BCUT2D eigenvalue weighted by Crippen LogP contribution is 2.29. The quantitative estimate of drug-likeness (QED) is 0.827. The number of thiophene rings is 1. The number of carbonyl (C=O) groups excluding carboxylic acids is 2. The van der Waals surface area contributed by atoms with Crippen LogP contribution in [0.15, 0.2) is 29.1 Å². The van der Waals surface area contributed by atoms with E-state index in [4.69, 9.17) is 0 Å². The fourth-order valence-electron chi connectivity index (χ4n) is 4.14. The number of carbonyl (C=O) groups is 2. The molecule has 2 aromatic rings. The second-order valence-corrected chi connectivity index (χ2v) is 8.98. The van der Waals surface area contributed by atoms with Gasteiger partial charge in [-0.25, -0.2) is 9.78 Å². The van der Waals surface area contributed by atoms with Gasteiger partial charge < -0.3 is 9.80 Å². The van der Waals surface area contributed by atoms with Crippen LogP contribution in [0.5, 0.6) is 0 Å². The van der Waals surface area contributed by atoms with E-state index in [0.717, 1.165) is 37.0 Å². The van der Waals surface area contributed by atoms with Crippen LogP contribution in [-0.4, -0.2) is 51.9 Å². The Morgan fingerprint density at radius 1 is 1.11 bits per heavy atom. The minimum absolute atomic E-state index is 0.0666. The molecule has 1 saturated heterocycles. The zero-order valence-corrected chi connectivity index (χ0v) is 16.8. The summed E-state index contributed by atoms with van der Waals surface area (Å²) >= 11 is 2.90. The average Bonchev–Trinajstić information content (AvgIpc) is 3.45. The van der Waals surface area contributed by atoms with Crippen molar-refractivity contribution in [2.75, 3.05) is 18.4 Å². The molecule has 2 aromatic heterocycles. The molecule has 1 unspecified atom stereocenters. The molecule has 1 saturated carbocycles. The van der Waals surface area contributed by atoms with Gasteiger partial charge in [0.1, 0.15) is 0 Å². The van der Waals surface area contributed by atoms with Gasteiger partial charge in [-0.05, 0) is 30.7 Å². The van der Waals surface area contributed by atoms with Gasteiger partial charge in [0, 0.05) is 30.7 Å². The Labute approximate surface area is 167 Å². The van der Waals surface area contributed by atoms with Crippen LogP contribution in [0.4, 0.5) is 9.93 Å². The molecule has 2 fully saturated rings. The molecule has 2 aliphatic rings. The summed E-state index contributed by atoms with van der Waals surface area (Å²) in [5.74, 6) is 0.0800. The Morgan fingerprint density at radius 2 is 1.96 bits per heavy atom. The highest BCUT2D eigenvalue weighted by molar-refractivity contribution is 7.13. The second-order valence-electron chi connectivity index (χ2n) is 7.14. The maximum atomic E-state index is 13.1. The smallest absolute Gasteiger partial charge is 0.324 e. The molecule has 0 bridgehead atoms. The normalized spacial score (nSPS) is 20.6. The first-order valence-corrected chi connectivity index (χ1v) is 11.3. The Hall–Kier alpha value is -1.93. The molecule has 1 atom stereocenters. The first-order chi connectivity index (χ1) is 13.2. The van der Waals surface area contributed by atoms with E-state index in [9.17, 15) is 9.59 Å². The fourth-order valence-corrected chi connectivity index (χ4v) is 5.35. The summed E-state index contributed by atoms with van der Waals surface area (Å²) in [5.41, 5.74) is 0. The number of aromatic nitrogens is 1. The molecule has 27 heavy (non-hydrogen) atoms. The van der Waals surface area contributed by atoms with Crippen molar-refractivity contribution in [2.24, 2.45) is 0 Å². The van der Waals surface area contributed by atoms with Crippen LogP contribution in [0.3, 0.4) is 0 Å². The first kappa shape index (κ1) is 18.4. The summed E-state index contributed by atoms with van der Waals surface area (Å²) in [5, 5.41) is 7.38. The van der Waals surface area contributed by atoms with E-state index in [1.165, 1.54) is 29.1 Å². The average molecular weight is 405 g/mol. The number of nitrogens with zero attached hydrogens (tertiary/aromatic N) is 3. The van der Waals surface area contributed by atoms with Gasteiger partial charge in [-0.2, -0.15) is 0 Å². The van der Waals surface area contributed by atoms with Crippen molar-refractivity contribution >= 4 is 39.7 Å². The molecule has 8 heteroatoms. The number of hydrogen-bond donors (Lipinski definition) is 1. The minimum Gasteiger partial charge on any atom is -0.336 e. The number of anilines is 1. The van der Waals surface area contributed by atoms with Crippen LogP contribution in [0.25, 0.3) is 0 Å². The van der Waals surface area contributed by atoms with Crippen LogP contribution < -0.4 is 5.32 Å². The van der Waals surface area contributed by atoms with Crippen molar-refractivity contribution in [3.8, 4) is 0 Å². The van der Waals surface area contributed by atoms with E-state index in [-0.39, 0.29) is 24.0 Å². The molecular formula is C19H24N4O2S2. The van der Waals surface area contributed by atoms with E-state index < -0.39 is 0 Å². The summed E-state index contributed by atoms with van der Waals surface area (Å²) in [7, 11) is 0. The SMILES string of the molecule is O=C(c1cccs1)N1CCC(N(C(=O)Nc2nccs2)C2CCCCC2)C1. The third kappa shape index (κ3) is 4.16. The molecule has 6 nitrogen and oxygen atoms in total. The van der Waals surface area contributed by atoms with Gasteiger partial charge in [0.2, 0.25) is 0 Å². The number of hydrogen-bond acceptors (Lipinski definition) is 5. The van der Waals surface area contributed by atoms with Crippen LogP contribution in [0.2, 0.25) is 0 Å². The summed E-state index contributed by atoms with van der Waals surface area (Å²) in [4.78, 5) is 34.6. The number of nitrogens with one attached hydrogen (secondary N) is 1. The number of amides is 3. The van der Waals surface area contributed by atoms with Crippen molar-refractivity contribution in [3.63, 3.8) is 0 Å². The van der Waals surface area contributed by atoms with Crippen LogP contribution >= 0.6 is 22.7 Å². The number of likely N-dealkylation sites (tertiary alicyclic amines) is 1. The first-order valence-electron chi connectivity index (χ1n) is 9.54. The largest absolute Gasteiger partial charge is 0.336 e. The Morgan fingerprint density at radius 3 is 2.67 bits per heavy atom. The van der Waals surface area contributed by atoms with E-state index in [2.05, 4.69) is 10.3 Å². The molecule has 3 heterocycles. The second kappa shape index (κ2) is 8.39. The lowest BCUT2D eigenvalue weighted by Gasteiger charge is -2.38. The lowest BCUT2D eigenvalue weighted by Crippen LogP contribution is -2.51. The van der Waals surface area contributed by atoms with Gasteiger partial charge in [0.25, 0.3) is 5.91 Å². The zero-order chi connectivity index (χ0) is 18.6. The number of thiazole rings is 1. The van der Waals surface area contributed by atoms with E-state index in [1.54, 1.807) is 6.20 Å². The van der Waals surface area contributed by atoms with Crippen LogP contribution in [0, 0.1) is 0 Å². The summed E-state index contributed by atoms with van der Waals surface area (Å²) in [6, 6.07) is 4.01. The van der Waals surface area contributed by atoms with Gasteiger partial charge >= 0.3 is 6.03 Å². The minimum atomic E-state index is -0.0766. The highest BCUT2D eigenvalue weighted by atomic mass is 32.1. The van der Waals surface area contributed by atoms with Crippen molar-refractivity contribution in [3.05, 3.63) is 34.0 Å². The molecule has 0 radical (unpaired) electrons. The predicted octanol–water partition coefficient (Wildman–Crippen LogP) is 4.29. The summed E-state index contributed by atoms with van der Waals surface area (Å²) in [6.45, 7) is 1.31. The van der Waals surface area contributed by atoms with Crippen LogP contribution in [-0.2, 0) is 0 Å². The molecule has 144 valence electrons. The van der Waals surface area contributed by atoms with Gasteiger partial charge in [-0.15, -0.1) is 22.7 Å². The topological polar surface area (TPSA) is 65.5 Å². The summed E-state index contributed by atoms with van der Waals surface area (Å²) in [6.07, 6.45) is 8.18. The molecular weight excluding hydrogens is 380 g/mol. The van der Waals surface area contributed by atoms with E-state index in [0.29, 0.717) is 18.2 Å². The lowest BCUT2D eigenvalue weighted by atomic mass is 9.93. The molecule has 0 spiro atoms. The molecule has 1 aliphatic carbocycles. The maximum absolute atomic E-state index is 13.1. The van der Waals surface area contributed by atoms with E-state index >= 15 is 0 Å². The summed E-state index contributed by atoms with van der Waals surface area (Å²) < 4.78 is 0. The fraction of sp³-hybridized carbons (Fsp3) is 0.526. The lowest BCUT2D eigenvalue weighted by molar-refractivity contribution is 0.0773. The Balaban J connectivity index is 1.48. The van der Waals surface area contributed by atoms with Gasteiger partial charge in [-0.3, -0.25) is 10.1 Å². The number of urea groups is 1. The highest BCUT2D eigenvalue weighted by Gasteiger charge is 2.37. The van der Waals surface area contributed by atoms with Crippen molar-refractivity contribution < 1.29 is 9.59 Å². The van der Waals surface area contributed by atoms with Crippen LogP contribution in [0.1, 0.15) is 48.2 Å². The van der Waals surface area contributed by atoms with Gasteiger partial charge in [0.15, 0.2) is 5.13 Å². The standard InChI is InChI=1S/C19H24N4O2S2/c24-17(16-7-4-11-26-16)22-10-8-15(13-22)23(14-5-2-1-3-6-14)19(25)21-18-20-9-12-27-18/h4,7,9,11-12,14-15H,1-3,5-6,8,10,13H2,(H,20,21,25). The molecule has 1 N–H and O–H groups in total. The molecule has 3 amide bonds. The third-order valence-corrected chi connectivity index (χ3v) is 6.97. The zero-order valence-electron chi connectivity index (χ0n) is 15.2. The molecule has 4 rings (SSSR count). The number of rotatable bonds is 4. The van der Waals surface area contributed by atoms with Gasteiger partial charge in [0.05, 0.1) is 10.9 Å². The Bertz CT molecular complexity index is 757. The molecule has 1 aliphatic heterocycles. The molecule has 0 aromatic carbocycles. The van der Waals surface area contributed by atoms with Gasteiger partial charge in [-0.1, -0.05) is 25.3 Å².